The van der Waals surface area contributed by atoms with Crippen LogP contribution >= 0.6 is 11.6 Å². The highest BCUT2D eigenvalue weighted by Crippen LogP contribution is 2.30. The van der Waals surface area contributed by atoms with E-state index >= 15 is 0 Å². The monoisotopic (exact) mass is 273 g/mol. The molecule has 7 heteroatoms. The molecular formula is C11H7ClF3N3. The minimum absolute atomic E-state index is 0.202. The van der Waals surface area contributed by atoms with E-state index in [1.165, 1.54) is 12.1 Å². The van der Waals surface area contributed by atoms with Gasteiger partial charge in [-0.2, -0.15) is 8.78 Å². The molecule has 0 unspecified atom stereocenters. The molecule has 94 valence electrons. The second-order valence-corrected chi connectivity index (χ2v) is 4.00. The summed E-state index contributed by atoms with van der Waals surface area (Å²) in [6, 6.07) is 2.54. The van der Waals surface area contributed by atoms with Crippen molar-refractivity contribution in [3.05, 3.63) is 41.2 Å². The van der Waals surface area contributed by atoms with E-state index in [1.807, 2.05) is 0 Å². The van der Waals surface area contributed by atoms with E-state index in [0.717, 1.165) is 12.4 Å². The summed E-state index contributed by atoms with van der Waals surface area (Å²) in [5, 5.41) is -0.397. The molecule has 0 saturated carbocycles. The molecule has 0 amide bonds. The molecule has 0 bridgehead atoms. The zero-order valence-electron chi connectivity index (χ0n) is 9.16. The first-order chi connectivity index (χ1) is 8.38. The molecule has 3 nitrogen and oxygen atoms in total. The van der Waals surface area contributed by atoms with Crippen molar-refractivity contribution in [1.82, 2.24) is 15.0 Å². The molecule has 0 aliphatic rings. The van der Waals surface area contributed by atoms with Crippen molar-refractivity contribution >= 4 is 11.6 Å². The molecule has 2 aromatic rings. The number of rotatable bonds is 2. The first kappa shape index (κ1) is 12.8. The molecule has 0 aliphatic carbocycles. The number of halogens is 4. The third kappa shape index (κ3) is 2.59. The van der Waals surface area contributed by atoms with E-state index in [0.29, 0.717) is 12.6 Å². The van der Waals surface area contributed by atoms with Gasteiger partial charge in [0, 0.05) is 6.92 Å². The molecule has 0 aliphatic heterocycles. The zero-order valence-corrected chi connectivity index (χ0v) is 9.92. The van der Waals surface area contributed by atoms with E-state index < -0.39 is 22.6 Å². The Morgan fingerprint density at radius 3 is 2.33 bits per heavy atom. The molecular weight excluding hydrogens is 267 g/mol. The van der Waals surface area contributed by atoms with Crippen molar-refractivity contribution in [2.75, 3.05) is 0 Å². The summed E-state index contributed by atoms with van der Waals surface area (Å²) in [4.78, 5) is 11.1. The van der Waals surface area contributed by atoms with Crippen LogP contribution in [0.4, 0.5) is 13.2 Å². The maximum absolute atomic E-state index is 13.1. The first-order valence-corrected chi connectivity index (χ1v) is 5.28. The lowest BCUT2D eigenvalue weighted by Crippen LogP contribution is -2.11. The van der Waals surface area contributed by atoms with Gasteiger partial charge in [0.1, 0.15) is 17.2 Å². The lowest BCUT2D eigenvalue weighted by Gasteiger charge is -2.11. The van der Waals surface area contributed by atoms with Gasteiger partial charge in [-0.05, 0) is 12.1 Å². The summed E-state index contributed by atoms with van der Waals surface area (Å²) >= 11 is 5.64. The fourth-order valence-electron chi connectivity index (χ4n) is 1.31. The number of pyridine rings is 1. The zero-order chi connectivity index (χ0) is 13.3. The highest BCUT2D eigenvalue weighted by Gasteiger charge is 2.30. The average molecular weight is 274 g/mol. The van der Waals surface area contributed by atoms with Gasteiger partial charge >= 0.3 is 0 Å². The Hall–Kier alpha value is -1.69. The van der Waals surface area contributed by atoms with Gasteiger partial charge in [0.05, 0.1) is 18.1 Å². The molecule has 0 saturated heterocycles. The summed E-state index contributed by atoms with van der Waals surface area (Å²) in [5.74, 6) is -3.67. The Bertz CT molecular complexity index is 567. The molecule has 0 N–H and O–H groups in total. The highest BCUT2D eigenvalue weighted by atomic mass is 35.5. The predicted molar refractivity (Wildman–Crippen MR) is 59.8 cm³/mol. The summed E-state index contributed by atoms with van der Waals surface area (Å²) in [7, 11) is 0. The molecule has 2 rings (SSSR count). The number of hydrogen-bond acceptors (Lipinski definition) is 3. The van der Waals surface area contributed by atoms with E-state index in [9.17, 15) is 13.2 Å². The number of hydrogen-bond donors (Lipinski definition) is 0. The molecule has 18 heavy (non-hydrogen) atoms. The summed E-state index contributed by atoms with van der Waals surface area (Å²) < 4.78 is 38.8. The van der Waals surface area contributed by atoms with Gasteiger partial charge in [-0.3, -0.25) is 4.98 Å². The van der Waals surface area contributed by atoms with Crippen LogP contribution < -0.4 is 0 Å². The Morgan fingerprint density at radius 2 is 1.83 bits per heavy atom. The van der Waals surface area contributed by atoms with Crippen molar-refractivity contribution in [3.63, 3.8) is 0 Å². The van der Waals surface area contributed by atoms with Crippen molar-refractivity contribution < 1.29 is 13.2 Å². The standard InChI is InChI=1S/C11H7ClF3N3/c1-11(14,15)9-10(12)18-8(5-17-9)7-3-2-6(13)4-16-7/h2-5H,1H3. The van der Waals surface area contributed by atoms with Crippen LogP contribution in [0.5, 0.6) is 0 Å². The van der Waals surface area contributed by atoms with Crippen molar-refractivity contribution in [3.8, 4) is 11.4 Å². The van der Waals surface area contributed by atoms with Crippen LogP contribution in [-0.2, 0) is 5.92 Å². The second-order valence-electron chi connectivity index (χ2n) is 3.64. The first-order valence-electron chi connectivity index (χ1n) is 4.90. The van der Waals surface area contributed by atoms with E-state index in [2.05, 4.69) is 15.0 Å². The molecule has 0 spiro atoms. The number of nitrogens with zero attached hydrogens (tertiary/aromatic N) is 3. The minimum Gasteiger partial charge on any atom is -0.252 e. The summed E-state index contributed by atoms with van der Waals surface area (Å²) in [5.41, 5.74) is -0.0974. The van der Waals surface area contributed by atoms with Gasteiger partial charge in [0.25, 0.3) is 5.92 Å². The van der Waals surface area contributed by atoms with Gasteiger partial charge in [-0.15, -0.1) is 0 Å². The molecule has 2 aromatic heterocycles. The highest BCUT2D eigenvalue weighted by molar-refractivity contribution is 6.30. The molecule has 0 aromatic carbocycles. The predicted octanol–water partition coefficient (Wildman–Crippen LogP) is 3.44. The van der Waals surface area contributed by atoms with Crippen LogP contribution in [0.15, 0.2) is 24.5 Å². The normalized spacial score (nSPS) is 11.6. The maximum atomic E-state index is 13.1. The Balaban J connectivity index is 2.43. The Morgan fingerprint density at radius 1 is 1.11 bits per heavy atom. The van der Waals surface area contributed by atoms with Gasteiger partial charge in [-0.1, -0.05) is 11.6 Å². The SMILES string of the molecule is CC(F)(F)c1ncc(-c2ccc(F)cn2)nc1Cl. The third-order valence-electron chi connectivity index (χ3n) is 2.14. The fraction of sp³-hybridized carbons (Fsp3) is 0.182. The van der Waals surface area contributed by atoms with Crippen LogP contribution in [0, 0.1) is 5.82 Å². The van der Waals surface area contributed by atoms with Crippen LogP contribution in [0.25, 0.3) is 11.4 Å². The number of alkyl halides is 2. The number of aromatic nitrogens is 3. The van der Waals surface area contributed by atoms with Crippen LogP contribution in [0.3, 0.4) is 0 Å². The van der Waals surface area contributed by atoms with Crippen molar-refractivity contribution in [2.45, 2.75) is 12.8 Å². The lowest BCUT2D eigenvalue weighted by molar-refractivity contribution is 0.0125. The Labute approximate surface area is 106 Å². The largest absolute Gasteiger partial charge is 0.290 e. The van der Waals surface area contributed by atoms with E-state index in [-0.39, 0.29) is 5.69 Å². The lowest BCUT2D eigenvalue weighted by atomic mass is 10.2. The average Bonchev–Trinajstić information content (AvgIpc) is 2.28. The fourth-order valence-corrected chi connectivity index (χ4v) is 1.62. The summed E-state index contributed by atoms with van der Waals surface area (Å²) in [6.45, 7) is 0.679. The van der Waals surface area contributed by atoms with Crippen molar-refractivity contribution in [1.29, 1.82) is 0 Å². The third-order valence-corrected chi connectivity index (χ3v) is 2.40. The van der Waals surface area contributed by atoms with Gasteiger partial charge < -0.3 is 0 Å². The second kappa shape index (κ2) is 4.53. The van der Waals surface area contributed by atoms with E-state index in [4.69, 9.17) is 11.6 Å². The molecule has 0 fully saturated rings. The molecule has 2 heterocycles. The van der Waals surface area contributed by atoms with Crippen LogP contribution in [-0.4, -0.2) is 15.0 Å². The van der Waals surface area contributed by atoms with E-state index in [1.54, 1.807) is 0 Å². The van der Waals surface area contributed by atoms with Crippen molar-refractivity contribution in [2.24, 2.45) is 0 Å². The van der Waals surface area contributed by atoms with Crippen LogP contribution in [0.1, 0.15) is 12.6 Å². The Kier molecular flexibility index (Phi) is 3.21. The maximum Gasteiger partial charge on any atom is 0.290 e. The van der Waals surface area contributed by atoms with Gasteiger partial charge in [0.15, 0.2) is 5.15 Å². The molecule has 0 radical (unpaired) electrons. The minimum atomic E-state index is -3.17. The molecule has 0 atom stereocenters. The quantitative estimate of drug-likeness (QED) is 0.841. The van der Waals surface area contributed by atoms with Gasteiger partial charge in [0.2, 0.25) is 0 Å². The topological polar surface area (TPSA) is 38.7 Å². The van der Waals surface area contributed by atoms with Gasteiger partial charge in [-0.25, -0.2) is 14.4 Å². The summed E-state index contributed by atoms with van der Waals surface area (Å²) in [6.07, 6.45) is 2.12. The smallest absolute Gasteiger partial charge is 0.252 e. The van der Waals surface area contributed by atoms with Crippen LogP contribution in [0.2, 0.25) is 5.15 Å².